The van der Waals surface area contributed by atoms with Crippen LogP contribution in [0.2, 0.25) is 0 Å². The van der Waals surface area contributed by atoms with Gasteiger partial charge in [0.15, 0.2) is 5.82 Å². The average molecular weight is 250 g/mol. The SMILES string of the molecule is CC(C)NCC1CCCN1c1nccn(C)c1=O. The molecule has 1 unspecified atom stereocenters. The highest BCUT2D eigenvalue weighted by Crippen LogP contribution is 2.20. The summed E-state index contributed by atoms with van der Waals surface area (Å²) < 4.78 is 1.59. The lowest BCUT2D eigenvalue weighted by atomic mass is 10.2. The zero-order valence-electron chi connectivity index (χ0n) is 11.4. The van der Waals surface area contributed by atoms with Gasteiger partial charge in [0.1, 0.15) is 0 Å². The summed E-state index contributed by atoms with van der Waals surface area (Å²) in [6, 6.07) is 0.856. The van der Waals surface area contributed by atoms with E-state index < -0.39 is 0 Å². The minimum atomic E-state index is -0.00560. The first kappa shape index (κ1) is 13.1. The van der Waals surface area contributed by atoms with Crippen molar-refractivity contribution in [3.05, 3.63) is 22.7 Å². The molecule has 1 N–H and O–H groups in total. The van der Waals surface area contributed by atoms with E-state index in [0.717, 1.165) is 25.9 Å². The maximum absolute atomic E-state index is 12.1. The summed E-state index contributed by atoms with van der Waals surface area (Å²) in [5.41, 5.74) is -0.00560. The number of aromatic nitrogens is 2. The van der Waals surface area contributed by atoms with Crippen LogP contribution in [0.15, 0.2) is 17.2 Å². The topological polar surface area (TPSA) is 50.2 Å². The third-order valence-electron chi connectivity index (χ3n) is 3.41. The summed E-state index contributed by atoms with van der Waals surface area (Å²) >= 11 is 0. The fourth-order valence-corrected chi connectivity index (χ4v) is 2.38. The van der Waals surface area contributed by atoms with Crippen LogP contribution in [-0.2, 0) is 7.05 Å². The summed E-state index contributed by atoms with van der Waals surface area (Å²) in [4.78, 5) is 18.5. The number of hydrogen-bond donors (Lipinski definition) is 1. The van der Waals surface area contributed by atoms with Crippen LogP contribution in [0.3, 0.4) is 0 Å². The lowest BCUT2D eigenvalue weighted by Gasteiger charge is -2.26. The largest absolute Gasteiger partial charge is 0.348 e. The summed E-state index contributed by atoms with van der Waals surface area (Å²) in [5, 5.41) is 3.44. The number of aryl methyl sites for hydroxylation is 1. The van der Waals surface area contributed by atoms with E-state index in [1.54, 1.807) is 24.0 Å². The average Bonchev–Trinajstić information content (AvgIpc) is 2.78. The van der Waals surface area contributed by atoms with Crippen molar-refractivity contribution in [1.29, 1.82) is 0 Å². The number of rotatable bonds is 4. The third kappa shape index (κ3) is 2.72. The van der Waals surface area contributed by atoms with E-state index >= 15 is 0 Å². The second kappa shape index (κ2) is 5.52. The van der Waals surface area contributed by atoms with Gasteiger partial charge in [0.2, 0.25) is 0 Å². The maximum Gasteiger partial charge on any atom is 0.293 e. The van der Waals surface area contributed by atoms with E-state index in [2.05, 4.69) is 29.0 Å². The molecule has 1 aliphatic rings. The second-order valence-electron chi connectivity index (χ2n) is 5.22. The number of anilines is 1. The maximum atomic E-state index is 12.1. The van der Waals surface area contributed by atoms with Gasteiger partial charge in [0, 0.05) is 44.6 Å². The molecule has 0 aliphatic carbocycles. The molecule has 0 aromatic carbocycles. The van der Waals surface area contributed by atoms with Crippen LogP contribution in [0.1, 0.15) is 26.7 Å². The molecule has 1 saturated heterocycles. The molecular weight excluding hydrogens is 228 g/mol. The Morgan fingerprint density at radius 1 is 1.56 bits per heavy atom. The fraction of sp³-hybridized carbons (Fsp3) is 0.692. The van der Waals surface area contributed by atoms with Gasteiger partial charge in [0.25, 0.3) is 5.56 Å². The van der Waals surface area contributed by atoms with E-state index in [-0.39, 0.29) is 5.56 Å². The van der Waals surface area contributed by atoms with Crippen molar-refractivity contribution in [3.63, 3.8) is 0 Å². The van der Waals surface area contributed by atoms with Crippen molar-refractivity contribution in [2.45, 2.75) is 38.8 Å². The Hall–Kier alpha value is -1.36. The van der Waals surface area contributed by atoms with E-state index in [0.29, 0.717) is 17.9 Å². The van der Waals surface area contributed by atoms with Crippen LogP contribution in [0.4, 0.5) is 5.82 Å². The van der Waals surface area contributed by atoms with Gasteiger partial charge in [-0.05, 0) is 12.8 Å². The van der Waals surface area contributed by atoms with Crippen molar-refractivity contribution in [2.75, 3.05) is 18.0 Å². The third-order valence-corrected chi connectivity index (χ3v) is 3.41. The highest BCUT2D eigenvalue weighted by molar-refractivity contribution is 5.38. The van der Waals surface area contributed by atoms with Gasteiger partial charge in [-0.25, -0.2) is 4.98 Å². The monoisotopic (exact) mass is 250 g/mol. The molecule has 2 rings (SSSR count). The van der Waals surface area contributed by atoms with E-state index in [1.165, 1.54) is 0 Å². The molecule has 5 heteroatoms. The molecule has 100 valence electrons. The molecule has 0 bridgehead atoms. The molecule has 0 saturated carbocycles. The Morgan fingerprint density at radius 2 is 2.33 bits per heavy atom. The molecule has 1 aromatic heterocycles. The summed E-state index contributed by atoms with van der Waals surface area (Å²) in [6.07, 6.45) is 5.65. The molecular formula is C13H22N4O. The Kier molecular flexibility index (Phi) is 4.01. The minimum absolute atomic E-state index is 0.00560. The lowest BCUT2D eigenvalue weighted by molar-refractivity contribution is 0.521. The van der Waals surface area contributed by atoms with Crippen molar-refractivity contribution in [3.8, 4) is 0 Å². The Labute approximate surface area is 108 Å². The highest BCUT2D eigenvalue weighted by atomic mass is 16.1. The fourth-order valence-electron chi connectivity index (χ4n) is 2.38. The molecule has 0 spiro atoms. The van der Waals surface area contributed by atoms with Gasteiger partial charge in [-0.3, -0.25) is 4.79 Å². The molecule has 0 radical (unpaired) electrons. The normalized spacial score (nSPS) is 19.8. The van der Waals surface area contributed by atoms with Crippen LogP contribution >= 0.6 is 0 Å². The van der Waals surface area contributed by atoms with Crippen molar-refractivity contribution < 1.29 is 0 Å². The predicted octanol–water partition coefficient (Wildman–Crippen LogP) is 0.747. The zero-order chi connectivity index (χ0) is 13.1. The van der Waals surface area contributed by atoms with E-state index in [1.807, 2.05) is 0 Å². The zero-order valence-corrected chi connectivity index (χ0v) is 11.4. The van der Waals surface area contributed by atoms with E-state index in [9.17, 15) is 4.79 Å². The summed E-state index contributed by atoms with van der Waals surface area (Å²) in [5.74, 6) is 0.591. The number of nitrogens with one attached hydrogen (secondary N) is 1. The lowest BCUT2D eigenvalue weighted by Crippen LogP contribution is -2.43. The number of hydrogen-bond acceptors (Lipinski definition) is 4. The smallest absolute Gasteiger partial charge is 0.293 e. The first-order valence-corrected chi connectivity index (χ1v) is 6.61. The quantitative estimate of drug-likeness (QED) is 0.856. The summed E-state index contributed by atoms with van der Waals surface area (Å²) in [7, 11) is 1.77. The molecule has 1 aliphatic heterocycles. The Morgan fingerprint density at radius 3 is 3.06 bits per heavy atom. The van der Waals surface area contributed by atoms with Crippen molar-refractivity contribution in [2.24, 2.45) is 7.05 Å². The van der Waals surface area contributed by atoms with Gasteiger partial charge < -0.3 is 14.8 Å². The first-order chi connectivity index (χ1) is 8.59. The molecule has 5 nitrogen and oxygen atoms in total. The Bertz CT molecular complexity index is 455. The second-order valence-corrected chi connectivity index (χ2v) is 5.22. The van der Waals surface area contributed by atoms with Crippen LogP contribution in [0.5, 0.6) is 0 Å². The number of nitrogens with zero attached hydrogens (tertiary/aromatic N) is 3. The molecule has 2 heterocycles. The first-order valence-electron chi connectivity index (χ1n) is 6.61. The molecule has 1 aromatic rings. The molecule has 0 amide bonds. The standard InChI is InChI=1S/C13H22N4O/c1-10(2)15-9-11-5-4-7-17(11)12-13(18)16(3)8-6-14-12/h6,8,10-11,15H,4-5,7,9H2,1-3H3. The van der Waals surface area contributed by atoms with Crippen LogP contribution in [-0.4, -0.2) is 34.7 Å². The van der Waals surface area contributed by atoms with Crippen LogP contribution in [0.25, 0.3) is 0 Å². The van der Waals surface area contributed by atoms with Gasteiger partial charge in [-0.1, -0.05) is 13.8 Å². The summed E-state index contributed by atoms with van der Waals surface area (Å²) in [6.45, 7) is 6.12. The highest BCUT2D eigenvalue weighted by Gasteiger charge is 2.27. The van der Waals surface area contributed by atoms with Gasteiger partial charge in [-0.15, -0.1) is 0 Å². The Balaban J connectivity index is 2.16. The van der Waals surface area contributed by atoms with Gasteiger partial charge >= 0.3 is 0 Å². The van der Waals surface area contributed by atoms with Crippen LogP contribution < -0.4 is 15.8 Å². The minimum Gasteiger partial charge on any atom is -0.348 e. The predicted molar refractivity (Wildman–Crippen MR) is 73.0 cm³/mol. The van der Waals surface area contributed by atoms with Gasteiger partial charge in [-0.2, -0.15) is 0 Å². The molecule has 18 heavy (non-hydrogen) atoms. The van der Waals surface area contributed by atoms with Crippen LogP contribution in [0, 0.1) is 0 Å². The van der Waals surface area contributed by atoms with Gasteiger partial charge in [0.05, 0.1) is 0 Å². The molecule has 1 fully saturated rings. The molecule has 1 atom stereocenters. The van der Waals surface area contributed by atoms with Crippen molar-refractivity contribution in [1.82, 2.24) is 14.9 Å². The van der Waals surface area contributed by atoms with E-state index in [4.69, 9.17) is 0 Å². The van der Waals surface area contributed by atoms with Crippen molar-refractivity contribution >= 4 is 5.82 Å².